The van der Waals surface area contributed by atoms with E-state index in [0.717, 1.165) is 12.8 Å². The van der Waals surface area contributed by atoms with Gasteiger partial charge in [-0.05, 0) is 25.0 Å². The lowest BCUT2D eigenvalue weighted by Crippen LogP contribution is -2.46. The van der Waals surface area contributed by atoms with E-state index in [2.05, 4.69) is 4.72 Å². The van der Waals surface area contributed by atoms with Crippen LogP contribution in [0.25, 0.3) is 0 Å². The molecule has 1 aromatic carbocycles. The highest BCUT2D eigenvalue weighted by molar-refractivity contribution is 7.89. The molecule has 1 saturated carbocycles. The molecule has 0 amide bonds. The molecule has 2 rings (SSSR count). The van der Waals surface area contributed by atoms with Crippen molar-refractivity contribution in [1.82, 2.24) is 4.72 Å². The van der Waals surface area contributed by atoms with Crippen molar-refractivity contribution in [3.05, 3.63) is 24.3 Å². The minimum Gasteiger partial charge on any atom is -0.490 e. The molecular weight excluding hydrogens is 292 g/mol. The zero-order chi connectivity index (χ0) is 15.3. The number of sulfonamides is 1. The lowest BCUT2D eigenvalue weighted by molar-refractivity contribution is 0.101. The number of rotatable bonds is 6. The summed E-state index contributed by atoms with van der Waals surface area (Å²) in [4.78, 5) is 0. The molecule has 0 aliphatic heterocycles. The maximum absolute atomic E-state index is 12.0. The Kier molecular flexibility index (Phi) is 5.44. The largest absolute Gasteiger partial charge is 0.490 e. The van der Waals surface area contributed by atoms with Crippen molar-refractivity contribution >= 4 is 15.7 Å². The molecule has 0 bridgehead atoms. The van der Waals surface area contributed by atoms with Crippen LogP contribution in [0, 0.1) is 0 Å². The van der Waals surface area contributed by atoms with Crippen molar-refractivity contribution in [3.8, 4) is 5.75 Å². The van der Waals surface area contributed by atoms with Gasteiger partial charge in [-0.3, -0.25) is 0 Å². The lowest BCUT2D eigenvalue weighted by atomic mass is 9.93. The number of hydrogen-bond donors (Lipinski definition) is 3. The Labute approximate surface area is 125 Å². The zero-order valence-corrected chi connectivity index (χ0v) is 12.7. The van der Waals surface area contributed by atoms with Crippen LogP contribution in [-0.2, 0) is 10.0 Å². The van der Waals surface area contributed by atoms with Gasteiger partial charge in [0.15, 0.2) is 0 Å². The van der Waals surface area contributed by atoms with Crippen molar-refractivity contribution in [2.45, 2.75) is 37.8 Å². The number of ether oxygens (including phenoxy) is 1. The number of nitrogens with two attached hydrogens (primary N) is 1. The maximum Gasteiger partial charge on any atom is 0.215 e. The molecule has 1 aliphatic rings. The van der Waals surface area contributed by atoms with E-state index in [1.807, 2.05) is 0 Å². The molecule has 7 heteroatoms. The molecule has 0 aromatic heterocycles. The summed E-state index contributed by atoms with van der Waals surface area (Å²) in [5.41, 5.74) is 6.19. The van der Waals surface area contributed by atoms with Crippen molar-refractivity contribution in [2.75, 3.05) is 18.1 Å². The molecule has 1 fully saturated rings. The van der Waals surface area contributed by atoms with Crippen LogP contribution in [0.2, 0.25) is 0 Å². The summed E-state index contributed by atoms with van der Waals surface area (Å²) in [6.45, 7) is 0.0202. The zero-order valence-electron chi connectivity index (χ0n) is 11.9. The van der Waals surface area contributed by atoms with E-state index in [1.54, 1.807) is 24.3 Å². The van der Waals surface area contributed by atoms with Crippen LogP contribution in [0.15, 0.2) is 24.3 Å². The van der Waals surface area contributed by atoms with Crippen LogP contribution in [0.4, 0.5) is 5.69 Å². The molecule has 0 heterocycles. The fraction of sp³-hybridized carbons (Fsp3) is 0.571. The van der Waals surface area contributed by atoms with Crippen LogP contribution in [-0.4, -0.2) is 38.0 Å². The van der Waals surface area contributed by atoms with Crippen LogP contribution < -0.4 is 15.2 Å². The van der Waals surface area contributed by atoms with Gasteiger partial charge in [-0.1, -0.05) is 25.0 Å². The van der Waals surface area contributed by atoms with Gasteiger partial charge in [0.2, 0.25) is 10.0 Å². The average molecular weight is 314 g/mol. The predicted octanol–water partition coefficient (Wildman–Crippen LogP) is 0.870. The Morgan fingerprint density at radius 2 is 2.00 bits per heavy atom. The van der Waals surface area contributed by atoms with E-state index in [-0.39, 0.29) is 18.4 Å². The van der Waals surface area contributed by atoms with E-state index < -0.39 is 16.1 Å². The number of hydrogen-bond acceptors (Lipinski definition) is 5. The number of aliphatic hydroxyl groups excluding tert-OH is 1. The molecule has 4 N–H and O–H groups in total. The van der Waals surface area contributed by atoms with E-state index in [1.165, 1.54) is 0 Å². The Morgan fingerprint density at radius 3 is 2.71 bits per heavy atom. The van der Waals surface area contributed by atoms with Gasteiger partial charge < -0.3 is 15.6 Å². The summed E-state index contributed by atoms with van der Waals surface area (Å²) in [6, 6.07) is 6.56. The Balaban J connectivity index is 1.82. The van der Waals surface area contributed by atoms with Gasteiger partial charge in [0.05, 0.1) is 17.5 Å². The Hall–Kier alpha value is -1.31. The second-order valence-corrected chi connectivity index (χ2v) is 7.15. The fourth-order valence-electron chi connectivity index (χ4n) is 2.41. The van der Waals surface area contributed by atoms with Crippen LogP contribution in [0.5, 0.6) is 5.75 Å². The molecular formula is C14H22N2O4S. The minimum atomic E-state index is -3.47. The molecule has 0 unspecified atom stereocenters. The van der Waals surface area contributed by atoms with E-state index >= 15 is 0 Å². The maximum atomic E-state index is 12.0. The lowest BCUT2D eigenvalue weighted by Gasteiger charge is -2.28. The molecule has 1 aromatic rings. The highest BCUT2D eigenvalue weighted by Crippen LogP contribution is 2.20. The van der Waals surface area contributed by atoms with E-state index in [4.69, 9.17) is 10.5 Å². The Bertz CT molecular complexity index is 562. The van der Waals surface area contributed by atoms with Gasteiger partial charge in [-0.2, -0.15) is 0 Å². The standard InChI is InChI=1S/C14H22N2O4S/c15-11-5-1-4-8-14(11)20-9-10-21(18,19)16-12-6-2-3-7-13(12)17/h1,4-5,8,12-13,16-17H,2-3,6-7,9-10,15H2/t12-,13-/m1/s1. The third-order valence-corrected chi connectivity index (χ3v) is 4.96. The van der Waals surface area contributed by atoms with Crippen molar-refractivity contribution in [2.24, 2.45) is 0 Å². The van der Waals surface area contributed by atoms with Crippen molar-refractivity contribution in [3.63, 3.8) is 0 Å². The molecule has 2 atom stereocenters. The van der Waals surface area contributed by atoms with Gasteiger partial charge in [-0.25, -0.2) is 13.1 Å². The SMILES string of the molecule is Nc1ccccc1OCCS(=O)(=O)N[C@@H]1CCCC[C@H]1O. The first-order valence-corrected chi connectivity index (χ1v) is 8.78. The highest BCUT2D eigenvalue weighted by atomic mass is 32.2. The normalized spacial score (nSPS) is 22.9. The number of nitrogens with one attached hydrogen (secondary N) is 1. The second-order valence-electron chi connectivity index (χ2n) is 5.28. The summed E-state index contributed by atoms with van der Waals surface area (Å²) in [5.74, 6) is 0.315. The van der Waals surface area contributed by atoms with Gasteiger partial charge in [0, 0.05) is 6.04 Å². The molecule has 0 spiro atoms. The van der Waals surface area contributed by atoms with Crippen LogP contribution in [0.3, 0.4) is 0 Å². The van der Waals surface area contributed by atoms with E-state index in [9.17, 15) is 13.5 Å². The monoisotopic (exact) mass is 314 g/mol. The average Bonchev–Trinajstić information content (AvgIpc) is 2.43. The smallest absolute Gasteiger partial charge is 0.215 e. The fourth-order valence-corrected chi connectivity index (χ4v) is 3.57. The van der Waals surface area contributed by atoms with Gasteiger partial charge in [0.1, 0.15) is 12.4 Å². The summed E-state index contributed by atoms with van der Waals surface area (Å²) < 4.78 is 31.9. The number of anilines is 1. The molecule has 6 nitrogen and oxygen atoms in total. The summed E-state index contributed by atoms with van der Waals surface area (Å²) in [6.07, 6.45) is 2.59. The van der Waals surface area contributed by atoms with Gasteiger partial charge >= 0.3 is 0 Å². The van der Waals surface area contributed by atoms with Crippen LogP contribution >= 0.6 is 0 Å². The topological polar surface area (TPSA) is 102 Å². The van der Waals surface area contributed by atoms with Crippen molar-refractivity contribution < 1.29 is 18.3 Å². The van der Waals surface area contributed by atoms with Gasteiger partial charge in [0.25, 0.3) is 0 Å². The molecule has 0 saturated heterocycles. The van der Waals surface area contributed by atoms with Gasteiger partial charge in [-0.15, -0.1) is 0 Å². The first kappa shape index (κ1) is 16.1. The molecule has 0 radical (unpaired) electrons. The molecule has 1 aliphatic carbocycles. The molecule has 118 valence electrons. The molecule has 21 heavy (non-hydrogen) atoms. The number of nitrogen functional groups attached to an aromatic ring is 1. The first-order chi connectivity index (χ1) is 9.98. The predicted molar refractivity (Wildman–Crippen MR) is 81.5 cm³/mol. The Morgan fingerprint density at radius 1 is 1.29 bits per heavy atom. The second kappa shape index (κ2) is 7.11. The van der Waals surface area contributed by atoms with Crippen LogP contribution in [0.1, 0.15) is 25.7 Å². The summed E-state index contributed by atoms with van der Waals surface area (Å²) >= 11 is 0. The minimum absolute atomic E-state index is 0.0202. The quantitative estimate of drug-likeness (QED) is 0.676. The number of aliphatic hydroxyl groups is 1. The highest BCUT2D eigenvalue weighted by Gasteiger charge is 2.27. The summed E-state index contributed by atoms with van der Waals surface area (Å²) in [7, 11) is -3.47. The van der Waals surface area contributed by atoms with Crippen molar-refractivity contribution in [1.29, 1.82) is 0 Å². The van der Waals surface area contributed by atoms with E-state index in [0.29, 0.717) is 24.3 Å². The third kappa shape index (κ3) is 4.87. The third-order valence-electron chi connectivity index (χ3n) is 3.59. The summed E-state index contributed by atoms with van der Waals surface area (Å²) in [5, 5.41) is 9.80. The number of benzene rings is 1. The first-order valence-electron chi connectivity index (χ1n) is 7.13. The number of para-hydroxylation sites is 2.